The highest BCUT2D eigenvalue weighted by Crippen LogP contribution is 2.12. The highest BCUT2D eigenvalue weighted by Gasteiger charge is 2.18. The van der Waals surface area contributed by atoms with Crippen molar-refractivity contribution < 1.29 is 4.79 Å². The second kappa shape index (κ2) is 5.38. The zero-order chi connectivity index (χ0) is 8.81. The first-order valence-corrected chi connectivity index (χ1v) is 4.98. The number of hydrogen-bond donors (Lipinski definition) is 0. The molecule has 0 saturated carbocycles. The smallest absolute Gasteiger partial charge is 0.137 e. The normalized spacial score (nSPS) is 21.7. The van der Waals surface area contributed by atoms with E-state index in [0.29, 0.717) is 0 Å². The molecule has 0 aliphatic carbocycles. The number of thiocarbonyl (C=S) groups is 1. The molecular weight excluding hydrogens is 170 g/mol. The second-order valence-corrected chi connectivity index (χ2v) is 3.54. The van der Waals surface area contributed by atoms with Crippen LogP contribution < -0.4 is 0 Å². The number of hydrogen-bond acceptors (Lipinski definition) is 3. The Morgan fingerprint density at radius 3 is 2.50 bits per heavy atom. The average Bonchev–Trinajstić information content (AvgIpc) is 2.15. The van der Waals surface area contributed by atoms with Gasteiger partial charge >= 0.3 is 0 Å². The maximum atomic E-state index is 10.7. The van der Waals surface area contributed by atoms with Crippen LogP contribution in [-0.2, 0) is 4.79 Å². The van der Waals surface area contributed by atoms with Gasteiger partial charge in [-0.15, -0.1) is 0 Å². The molecule has 0 aromatic carbocycles. The Hall–Kier alpha value is -0.280. The molecule has 0 amide bonds. The van der Waals surface area contributed by atoms with Crippen LogP contribution in [0.4, 0.5) is 0 Å². The lowest BCUT2D eigenvalue weighted by Crippen LogP contribution is -2.40. The predicted octanol–water partition coefficient (Wildman–Crippen LogP) is 1.43. The van der Waals surface area contributed by atoms with Gasteiger partial charge in [0.25, 0.3) is 0 Å². The highest BCUT2D eigenvalue weighted by atomic mass is 32.1. The Labute approximate surface area is 78.9 Å². The van der Waals surface area contributed by atoms with Crippen LogP contribution in [0, 0.1) is 0 Å². The number of likely N-dealkylation sites (tertiary alicyclic amines) is 1. The molecule has 3 heteroatoms. The van der Waals surface area contributed by atoms with Crippen molar-refractivity contribution in [3.05, 3.63) is 0 Å². The van der Waals surface area contributed by atoms with E-state index in [0.717, 1.165) is 25.8 Å². The van der Waals surface area contributed by atoms with E-state index in [1.165, 1.54) is 19.3 Å². The molecule has 1 aliphatic heterocycles. The summed E-state index contributed by atoms with van der Waals surface area (Å²) in [5.41, 5.74) is 0. The van der Waals surface area contributed by atoms with Crippen molar-refractivity contribution in [1.29, 1.82) is 0 Å². The summed E-state index contributed by atoms with van der Waals surface area (Å²) < 4.78 is 0. The number of piperidine rings is 1. The Balaban J connectivity index is 2.39. The maximum Gasteiger partial charge on any atom is 0.137 e. The van der Waals surface area contributed by atoms with Gasteiger partial charge in [0.15, 0.2) is 0 Å². The van der Waals surface area contributed by atoms with Crippen LogP contribution in [0.2, 0.25) is 0 Å². The van der Waals surface area contributed by atoms with E-state index in [1.54, 1.807) is 5.37 Å². The van der Waals surface area contributed by atoms with E-state index in [1.807, 2.05) is 0 Å². The molecule has 2 nitrogen and oxygen atoms in total. The summed E-state index contributed by atoms with van der Waals surface area (Å²) >= 11 is 4.75. The molecule has 0 bridgehead atoms. The molecule has 1 atom stereocenters. The summed E-state index contributed by atoms with van der Waals surface area (Å²) in [4.78, 5) is 12.9. The van der Waals surface area contributed by atoms with E-state index in [9.17, 15) is 4.79 Å². The van der Waals surface area contributed by atoms with Crippen molar-refractivity contribution in [2.24, 2.45) is 0 Å². The monoisotopic (exact) mass is 185 g/mol. The summed E-state index contributed by atoms with van der Waals surface area (Å²) in [5, 5.41) is 1.66. The summed E-state index contributed by atoms with van der Waals surface area (Å²) in [5.74, 6) is 0. The van der Waals surface area contributed by atoms with Gasteiger partial charge in [0.1, 0.15) is 6.29 Å². The molecule has 0 radical (unpaired) electrons. The van der Waals surface area contributed by atoms with Crippen LogP contribution in [0.1, 0.15) is 25.7 Å². The number of carbonyl (C=O) groups excluding carboxylic acids is 1. The van der Waals surface area contributed by atoms with Crippen molar-refractivity contribution in [2.75, 3.05) is 13.1 Å². The highest BCUT2D eigenvalue weighted by molar-refractivity contribution is 7.78. The fourth-order valence-electron chi connectivity index (χ4n) is 1.64. The first-order valence-electron chi connectivity index (χ1n) is 4.51. The van der Waals surface area contributed by atoms with Gasteiger partial charge in [0.2, 0.25) is 0 Å². The standard InChI is InChI=1S/C9H15NOS/c11-8-9(4-7-12)10-5-2-1-3-6-10/h7-9H,1-6H2. The molecular formula is C9H15NOS. The summed E-state index contributed by atoms with van der Waals surface area (Å²) in [6.07, 6.45) is 5.50. The van der Waals surface area contributed by atoms with Gasteiger partial charge in [-0.3, -0.25) is 4.90 Å². The summed E-state index contributed by atoms with van der Waals surface area (Å²) in [7, 11) is 0. The Bertz CT molecular complexity index is 155. The quantitative estimate of drug-likeness (QED) is 0.488. The van der Waals surface area contributed by atoms with E-state index in [4.69, 9.17) is 12.2 Å². The molecule has 0 aromatic heterocycles. The van der Waals surface area contributed by atoms with Crippen molar-refractivity contribution in [3.63, 3.8) is 0 Å². The molecule has 1 heterocycles. The van der Waals surface area contributed by atoms with Crippen LogP contribution in [0.3, 0.4) is 0 Å². The van der Waals surface area contributed by atoms with Gasteiger partial charge in [0.05, 0.1) is 6.04 Å². The van der Waals surface area contributed by atoms with Crippen LogP contribution in [0.25, 0.3) is 0 Å². The molecule has 0 aromatic rings. The number of aldehydes is 1. The van der Waals surface area contributed by atoms with E-state index >= 15 is 0 Å². The van der Waals surface area contributed by atoms with E-state index < -0.39 is 0 Å². The fourth-order valence-corrected chi connectivity index (χ4v) is 1.84. The number of carbonyl (C=O) groups is 1. The average molecular weight is 185 g/mol. The molecule has 12 heavy (non-hydrogen) atoms. The molecule has 0 N–H and O–H groups in total. The van der Waals surface area contributed by atoms with Gasteiger partial charge < -0.3 is 4.79 Å². The van der Waals surface area contributed by atoms with Crippen LogP contribution >= 0.6 is 12.2 Å². The third-order valence-corrected chi connectivity index (χ3v) is 2.55. The van der Waals surface area contributed by atoms with Crippen LogP contribution in [-0.4, -0.2) is 35.7 Å². The van der Waals surface area contributed by atoms with Gasteiger partial charge in [-0.05, 0) is 37.7 Å². The topological polar surface area (TPSA) is 20.3 Å². The van der Waals surface area contributed by atoms with E-state index in [2.05, 4.69) is 4.90 Å². The lowest BCUT2D eigenvalue weighted by molar-refractivity contribution is -0.112. The van der Waals surface area contributed by atoms with Gasteiger partial charge in [-0.2, -0.15) is 0 Å². The molecule has 1 fully saturated rings. The minimum atomic E-state index is 0.0443. The Morgan fingerprint density at radius 1 is 1.33 bits per heavy atom. The number of nitrogens with zero attached hydrogens (tertiary/aromatic N) is 1. The van der Waals surface area contributed by atoms with Gasteiger partial charge in [0, 0.05) is 0 Å². The van der Waals surface area contributed by atoms with Gasteiger partial charge in [-0.1, -0.05) is 18.6 Å². The zero-order valence-electron chi connectivity index (χ0n) is 7.24. The number of rotatable bonds is 4. The van der Waals surface area contributed by atoms with Crippen molar-refractivity contribution in [2.45, 2.75) is 31.7 Å². The predicted molar refractivity (Wildman–Crippen MR) is 53.5 cm³/mol. The van der Waals surface area contributed by atoms with E-state index in [-0.39, 0.29) is 6.04 Å². The maximum absolute atomic E-state index is 10.7. The van der Waals surface area contributed by atoms with Crippen LogP contribution in [0.15, 0.2) is 0 Å². The third kappa shape index (κ3) is 2.64. The molecule has 68 valence electrons. The first kappa shape index (κ1) is 9.81. The second-order valence-electron chi connectivity index (χ2n) is 3.20. The minimum absolute atomic E-state index is 0.0443. The Kier molecular flexibility index (Phi) is 4.40. The fraction of sp³-hybridized carbons (Fsp3) is 0.778. The summed E-state index contributed by atoms with van der Waals surface area (Å²) in [6.45, 7) is 2.12. The third-order valence-electron chi connectivity index (χ3n) is 2.35. The largest absolute Gasteiger partial charge is 0.302 e. The van der Waals surface area contributed by atoms with Crippen molar-refractivity contribution in [3.8, 4) is 0 Å². The molecule has 1 saturated heterocycles. The van der Waals surface area contributed by atoms with Crippen LogP contribution in [0.5, 0.6) is 0 Å². The van der Waals surface area contributed by atoms with Crippen molar-refractivity contribution in [1.82, 2.24) is 4.90 Å². The SMILES string of the molecule is O=CC(CC=S)N1CCCCC1. The lowest BCUT2D eigenvalue weighted by atomic mass is 10.1. The summed E-state index contributed by atoms with van der Waals surface area (Å²) in [6, 6.07) is 0.0443. The molecule has 1 rings (SSSR count). The lowest BCUT2D eigenvalue weighted by Gasteiger charge is -2.30. The van der Waals surface area contributed by atoms with Gasteiger partial charge in [-0.25, -0.2) is 0 Å². The molecule has 0 spiro atoms. The molecule has 1 aliphatic rings. The zero-order valence-corrected chi connectivity index (χ0v) is 8.05. The molecule has 1 unspecified atom stereocenters. The minimum Gasteiger partial charge on any atom is -0.302 e. The first-order chi connectivity index (χ1) is 5.88. The van der Waals surface area contributed by atoms with Crippen molar-refractivity contribution >= 4 is 23.9 Å². The Morgan fingerprint density at radius 2 is 2.00 bits per heavy atom.